The highest BCUT2D eigenvalue weighted by molar-refractivity contribution is 6.30. The lowest BCUT2D eigenvalue weighted by Gasteiger charge is -2.10. The minimum absolute atomic E-state index is 0.180. The third kappa shape index (κ3) is 4.60. The maximum atomic E-state index is 11.4. The molecule has 0 aliphatic rings. The summed E-state index contributed by atoms with van der Waals surface area (Å²) in [5, 5.41) is 32.2. The number of nitro benzene ring substituents is 2. The summed E-state index contributed by atoms with van der Waals surface area (Å²) in [7, 11) is 0. The van der Waals surface area contributed by atoms with E-state index in [0.717, 1.165) is 18.2 Å². The van der Waals surface area contributed by atoms with Gasteiger partial charge in [0.2, 0.25) is 5.75 Å². The van der Waals surface area contributed by atoms with E-state index in [0.29, 0.717) is 21.7 Å². The van der Waals surface area contributed by atoms with Crippen molar-refractivity contribution in [2.45, 2.75) is 0 Å². The summed E-state index contributed by atoms with van der Waals surface area (Å²) in [6, 6.07) is 18.7. The number of hydrogen-bond acceptors (Lipinski definition) is 6. The van der Waals surface area contributed by atoms with E-state index in [-0.39, 0.29) is 11.5 Å². The first-order chi connectivity index (χ1) is 14.4. The van der Waals surface area contributed by atoms with Crippen LogP contribution in [-0.2, 0) is 0 Å². The second kappa shape index (κ2) is 8.86. The van der Waals surface area contributed by atoms with Gasteiger partial charge in [0.25, 0.3) is 5.69 Å². The molecule has 0 saturated heterocycles. The zero-order valence-electron chi connectivity index (χ0n) is 15.2. The molecule has 30 heavy (non-hydrogen) atoms. The smallest absolute Gasteiger partial charge is 0.318 e. The van der Waals surface area contributed by atoms with Crippen LogP contribution < -0.4 is 4.74 Å². The quantitative estimate of drug-likeness (QED) is 0.208. The summed E-state index contributed by atoms with van der Waals surface area (Å²) in [5.74, 6) is 0.0147. The summed E-state index contributed by atoms with van der Waals surface area (Å²) in [6.45, 7) is 0. The minimum atomic E-state index is -0.765. The highest BCUT2D eigenvalue weighted by Crippen LogP contribution is 2.37. The van der Waals surface area contributed by atoms with E-state index in [1.807, 2.05) is 6.07 Å². The maximum absolute atomic E-state index is 11.4. The monoisotopic (exact) mass is 421 g/mol. The van der Waals surface area contributed by atoms with Crippen molar-refractivity contribution in [1.82, 2.24) is 0 Å². The van der Waals surface area contributed by atoms with Gasteiger partial charge in [-0.15, -0.1) is 0 Å². The van der Waals surface area contributed by atoms with Crippen LogP contribution in [-0.4, -0.2) is 9.85 Å². The number of benzene rings is 3. The molecule has 0 spiro atoms. The van der Waals surface area contributed by atoms with Crippen LogP contribution in [0.2, 0.25) is 5.02 Å². The fraction of sp³-hybridized carbons (Fsp3) is 0. The molecule has 3 aromatic rings. The van der Waals surface area contributed by atoms with Gasteiger partial charge in [-0.25, -0.2) is 0 Å². The van der Waals surface area contributed by atoms with Gasteiger partial charge in [-0.05, 0) is 35.9 Å². The van der Waals surface area contributed by atoms with Crippen molar-refractivity contribution < 1.29 is 14.6 Å². The number of nitriles is 1. The van der Waals surface area contributed by atoms with Crippen molar-refractivity contribution in [2.75, 3.05) is 0 Å². The van der Waals surface area contributed by atoms with Gasteiger partial charge in [0.05, 0.1) is 27.6 Å². The molecule has 9 heteroatoms. The molecule has 0 unspecified atom stereocenters. The summed E-state index contributed by atoms with van der Waals surface area (Å²) in [4.78, 5) is 20.8. The number of allylic oxidation sites excluding steroid dienone is 1. The highest BCUT2D eigenvalue weighted by atomic mass is 35.5. The summed E-state index contributed by atoms with van der Waals surface area (Å²) in [5.41, 5.74) is 0.433. The fourth-order valence-electron chi connectivity index (χ4n) is 2.65. The Labute approximate surface area is 175 Å². The number of rotatable bonds is 6. The Morgan fingerprint density at radius 3 is 2.30 bits per heavy atom. The molecule has 0 aromatic heterocycles. The predicted octanol–water partition coefficient (Wildman–Crippen LogP) is 6.01. The first-order valence-corrected chi connectivity index (χ1v) is 8.84. The van der Waals surface area contributed by atoms with Crippen LogP contribution >= 0.6 is 11.6 Å². The average molecular weight is 422 g/mol. The van der Waals surface area contributed by atoms with Gasteiger partial charge in [0.15, 0.2) is 0 Å². The van der Waals surface area contributed by atoms with Crippen molar-refractivity contribution >= 4 is 34.6 Å². The van der Waals surface area contributed by atoms with Crippen LogP contribution in [0.25, 0.3) is 11.6 Å². The van der Waals surface area contributed by atoms with Crippen molar-refractivity contribution in [3.63, 3.8) is 0 Å². The minimum Gasteiger partial charge on any atom is -0.449 e. The van der Waals surface area contributed by atoms with Gasteiger partial charge in [-0.1, -0.05) is 41.9 Å². The van der Waals surface area contributed by atoms with Gasteiger partial charge in [-0.3, -0.25) is 20.2 Å². The van der Waals surface area contributed by atoms with Gasteiger partial charge < -0.3 is 4.74 Å². The molecular weight excluding hydrogens is 410 g/mol. The second-order valence-corrected chi connectivity index (χ2v) is 6.42. The van der Waals surface area contributed by atoms with Gasteiger partial charge in [0.1, 0.15) is 5.75 Å². The molecule has 0 radical (unpaired) electrons. The Bertz CT molecular complexity index is 1200. The SMILES string of the molecule is N#C/C(=C\c1cc(Cl)ccc1Oc1ccc([N+](=O)[O-])cc1[N+](=O)[O-])c1ccccc1. The van der Waals surface area contributed by atoms with E-state index in [1.165, 1.54) is 12.1 Å². The van der Waals surface area contributed by atoms with Gasteiger partial charge >= 0.3 is 5.69 Å². The van der Waals surface area contributed by atoms with E-state index in [1.54, 1.807) is 36.4 Å². The predicted molar refractivity (Wildman–Crippen MR) is 111 cm³/mol. The lowest BCUT2D eigenvalue weighted by atomic mass is 10.0. The topological polar surface area (TPSA) is 119 Å². The molecule has 0 bridgehead atoms. The molecule has 0 saturated carbocycles. The fourth-order valence-corrected chi connectivity index (χ4v) is 2.83. The largest absolute Gasteiger partial charge is 0.449 e. The Morgan fingerprint density at radius 1 is 0.967 bits per heavy atom. The van der Waals surface area contributed by atoms with Gasteiger partial charge in [0, 0.05) is 16.7 Å². The molecule has 148 valence electrons. The molecule has 0 atom stereocenters. The summed E-state index contributed by atoms with van der Waals surface area (Å²) < 4.78 is 5.70. The highest BCUT2D eigenvalue weighted by Gasteiger charge is 2.22. The van der Waals surface area contributed by atoms with Crippen LogP contribution in [0.1, 0.15) is 11.1 Å². The van der Waals surface area contributed by atoms with Crippen LogP contribution in [0.4, 0.5) is 11.4 Å². The number of nitro groups is 2. The molecular formula is C21H12ClN3O5. The maximum Gasteiger partial charge on any atom is 0.318 e. The molecule has 0 aliphatic heterocycles. The molecule has 3 rings (SSSR count). The van der Waals surface area contributed by atoms with Crippen molar-refractivity contribution in [2.24, 2.45) is 0 Å². The van der Waals surface area contributed by atoms with Crippen LogP contribution in [0.15, 0.2) is 66.7 Å². The molecule has 0 heterocycles. The molecule has 0 fully saturated rings. The molecule has 0 amide bonds. The molecule has 0 N–H and O–H groups in total. The standard InChI is InChI=1S/C21H12ClN3O5/c22-17-6-8-20(15(11-17)10-16(13-23)14-4-2-1-3-5-14)30-21-9-7-18(24(26)27)12-19(21)25(28)29/h1-12H/b16-10+. The molecule has 8 nitrogen and oxygen atoms in total. The van der Waals surface area contributed by atoms with Crippen molar-refractivity contribution in [3.8, 4) is 17.6 Å². The Morgan fingerprint density at radius 2 is 1.67 bits per heavy atom. The van der Waals surface area contributed by atoms with E-state index < -0.39 is 21.2 Å². The van der Waals surface area contributed by atoms with E-state index in [4.69, 9.17) is 16.3 Å². The zero-order valence-corrected chi connectivity index (χ0v) is 15.9. The first kappa shape index (κ1) is 20.5. The lowest BCUT2D eigenvalue weighted by Crippen LogP contribution is -1.97. The summed E-state index contributed by atoms with van der Waals surface area (Å²) >= 11 is 6.08. The van der Waals surface area contributed by atoms with E-state index >= 15 is 0 Å². The van der Waals surface area contributed by atoms with E-state index in [9.17, 15) is 25.5 Å². The van der Waals surface area contributed by atoms with Crippen molar-refractivity contribution in [1.29, 1.82) is 5.26 Å². The molecule has 3 aromatic carbocycles. The first-order valence-electron chi connectivity index (χ1n) is 8.46. The molecule has 0 aliphatic carbocycles. The number of ether oxygens (including phenoxy) is 1. The third-order valence-electron chi connectivity index (χ3n) is 4.05. The number of non-ortho nitro benzene ring substituents is 1. The zero-order chi connectivity index (χ0) is 21.7. The average Bonchev–Trinajstić information content (AvgIpc) is 2.74. The van der Waals surface area contributed by atoms with Crippen LogP contribution in [0, 0.1) is 31.6 Å². The normalized spacial score (nSPS) is 10.9. The van der Waals surface area contributed by atoms with Crippen molar-refractivity contribution in [3.05, 3.63) is 103 Å². The Balaban J connectivity index is 2.07. The third-order valence-corrected chi connectivity index (χ3v) is 4.28. The van der Waals surface area contributed by atoms with E-state index in [2.05, 4.69) is 6.07 Å². The van der Waals surface area contributed by atoms with Crippen LogP contribution in [0.5, 0.6) is 11.5 Å². The number of hydrogen-bond donors (Lipinski definition) is 0. The number of nitrogens with zero attached hydrogens (tertiary/aromatic N) is 3. The number of halogens is 1. The second-order valence-electron chi connectivity index (χ2n) is 5.99. The van der Waals surface area contributed by atoms with Crippen LogP contribution in [0.3, 0.4) is 0 Å². The Kier molecular flexibility index (Phi) is 6.05. The Hall–Kier alpha value is -4.22. The lowest BCUT2D eigenvalue weighted by molar-refractivity contribution is -0.394. The summed E-state index contributed by atoms with van der Waals surface area (Å²) in [6.07, 6.45) is 1.55. The van der Waals surface area contributed by atoms with Gasteiger partial charge in [-0.2, -0.15) is 5.26 Å².